The number of nitrogens with one attached hydrogen (secondary N) is 1. The molecule has 1 aliphatic heterocycles. The van der Waals surface area contributed by atoms with Gasteiger partial charge in [-0.05, 0) is 24.1 Å². The highest BCUT2D eigenvalue weighted by Crippen LogP contribution is 2.26. The number of aliphatic carboxylic acids is 1. The summed E-state index contributed by atoms with van der Waals surface area (Å²) in [6, 6.07) is 6.64. The van der Waals surface area contributed by atoms with Crippen molar-refractivity contribution in [2.24, 2.45) is 0 Å². The van der Waals surface area contributed by atoms with E-state index in [9.17, 15) is 14.4 Å². The Morgan fingerprint density at radius 1 is 1.43 bits per heavy atom. The molecule has 6 nitrogen and oxygen atoms in total. The fourth-order valence-corrected chi connectivity index (χ4v) is 2.38. The van der Waals surface area contributed by atoms with E-state index >= 15 is 0 Å². The molecule has 21 heavy (non-hydrogen) atoms. The maximum atomic E-state index is 11.9. The van der Waals surface area contributed by atoms with Crippen molar-refractivity contribution in [3.63, 3.8) is 0 Å². The topological polar surface area (TPSA) is 86.7 Å². The summed E-state index contributed by atoms with van der Waals surface area (Å²) in [6.07, 6.45) is 3.04. The van der Waals surface area contributed by atoms with E-state index in [2.05, 4.69) is 5.32 Å². The van der Waals surface area contributed by atoms with Crippen LogP contribution in [0.3, 0.4) is 0 Å². The fraction of sp³-hybridized carbons (Fsp3) is 0.267. The van der Waals surface area contributed by atoms with Gasteiger partial charge in [0.25, 0.3) is 0 Å². The Balaban J connectivity index is 2.41. The lowest BCUT2D eigenvalue weighted by Crippen LogP contribution is -2.58. The number of carboxylic acid groups (broad SMARTS) is 1. The first-order valence-corrected chi connectivity index (χ1v) is 6.63. The Kier molecular flexibility index (Phi) is 4.37. The SMILES string of the molecule is CCC1C(=O)NC(=O)CN1c1ccccc1C=CC(=O)O. The quantitative estimate of drug-likeness (QED) is 0.638. The van der Waals surface area contributed by atoms with Crippen molar-refractivity contribution in [1.82, 2.24) is 5.32 Å². The van der Waals surface area contributed by atoms with Crippen molar-refractivity contribution in [1.29, 1.82) is 0 Å². The fourth-order valence-electron chi connectivity index (χ4n) is 2.38. The number of para-hydroxylation sites is 1. The molecule has 1 aliphatic rings. The Labute approximate surface area is 122 Å². The zero-order valence-corrected chi connectivity index (χ0v) is 11.6. The van der Waals surface area contributed by atoms with Crippen LogP contribution in [0.5, 0.6) is 0 Å². The summed E-state index contributed by atoms with van der Waals surface area (Å²) in [5, 5.41) is 11.1. The van der Waals surface area contributed by atoms with E-state index in [1.54, 1.807) is 29.2 Å². The molecule has 0 radical (unpaired) electrons. The van der Waals surface area contributed by atoms with Crippen LogP contribution in [0.2, 0.25) is 0 Å². The molecule has 2 N–H and O–H groups in total. The number of nitrogens with zero attached hydrogens (tertiary/aromatic N) is 1. The molecule has 2 rings (SSSR count). The van der Waals surface area contributed by atoms with Crippen LogP contribution in [0, 0.1) is 0 Å². The molecule has 1 aromatic carbocycles. The van der Waals surface area contributed by atoms with Crippen LogP contribution >= 0.6 is 0 Å². The first-order chi connectivity index (χ1) is 10.0. The van der Waals surface area contributed by atoms with Crippen LogP contribution in [0.4, 0.5) is 5.69 Å². The van der Waals surface area contributed by atoms with Gasteiger partial charge in [-0.15, -0.1) is 0 Å². The zero-order valence-electron chi connectivity index (χ0n) is 11.6. The van der Waals surface area contributed by atoms with Crippen molar-refractivity contribution < 1.29 is 19.5 Å². The van der Waals surface area contributed by atoms with Gasteiger partial charge in [-0.25, -0.2) is 4.79 Å². The van der Waals surface area contributed by atoms with Gasteiger partial charge in [-0.3, -0.25) is 14.9 Å². The standard InChI is InChI=1S/C15H16N2O4/c1-2-11-15(21)16-13(18)9-17(11)12-6-4-3-5-10(12)7-8-14(19)20/h3-8,11H,2,9H2,1H3,(H,19,20)(H,16,18,21). The summed E-state index contributed by atoms with van der Waals surface area (Å²) >= 11 is 0. The second-order valence-electron chi connectivity index (χ2n) is 4.69. The van der Waals surface area contributed by atoms with Gasteiger partial charge in [0.2, 0.25) is 11.8 Å². The van der Waals surface area contributed by atoms with Gasteiger partial charge in [0.15, 0.2) is 0 Å². The number of hydrogen-bond donors (Lipinski definition) is 2. The number of carbonyl (C=O) groups is 3. The van der Waals surface area contributed by atoms with Crippen LogP contribution in [-0.4, -0.2) is 35.5 Å². The molecule has 1 heterocycles. The predicted molar refractivity (Wildman–Crippen MR) is 77.7 cm³/mol. The van der Waals surface area contributed by atoms with Crippen LogP contribution < -0.4 is 10.2 Å². The highest BCUT2D eigenvalue weighted by molar-refractivity contribution is 6.05. The number of hydrogen-bond acceptors (Lipinski definition) is 4. The van der Waals surface area contributed by atoms with Crippen molar-refractivity contribution >= 4 is 29.5 Å². The molecule has 0 aromatic heterocycles. The maximum absolute atomic E-state index is 11.9. The molecule has 0 spiro atoms. The highest BCUT2D eigenvalue weighted by atomic mass is 16.4. The molecule has 1 fully saturated rings. The van der Waals surface area contributed by atoms with E-state index < -0.39 is 12.0 Å². The number of anilines is 1. The molecular weight excluding hydrogens is 272 g/mol. The predicted octanol–water partition coefficient (Wildman–Crippen LogP) is 1.03. The number of benzene rings is 1. The average molecular weight is 288 g/mol. The zero-order chi connectivity index (χ0) is 15.4. The minimum Gasteiger partial charge on any atom is -0.478 e. The highest BCUT2D eigenvalue weighted by Gasteiger charge is 2.33. The molecule has 0 bridgehead atoms. The van der Waals surface area contributed by atoms with Gasteiger partial charge in [0.1, 0.15) is 6.04 Å². The van der Waals surface area contributed by atoms with Gasteiger partial charge in [0.05, 0.1) is 6.54 Å². The second kappa shape index (κ2) is 6.21. The molecule has 2 amide bonds. The summed E-state index contributed by atoms with van der Waals surface area (Å²) in [6.45, 7) is 1.94. The van der Waals surface area contributed by atoms with Gasteiger partial charge in [-0.1, -0.05) is 25.1 Å². The Bertz CT molecular complexity index is 609. The minimum absolute atomic E-state index is 0.0716. The monoisotopic (exact) mass is 288 g/mol. The van der Waals surface area contributed by atoms with Crippen LogP contribution in [0.1, 0.15) is 18.9 Å². The molecule has 6 heteroatoms. The molecule has 1 unspecified atom stereocenters. The first-order valence-electron chi connectivity index (χ1n) is 6.63. The maximum Gasteiger partial charge on any atom is 0.328 e. The Morgan fingerprint density at radius 2 is 2.14 bits per heavy atom. The Morgan fingerprint density at radius 3 is 2.81 bits per heavy atom. The summed E-state index contributed by atoms with van der Waals surface area (Å²) in [5.74, 6) is -1.74. The van der Waals surface area contributed by atoms with Crippen molar-refractivity contribution in [3.05, 3.63) is 35.9 Å². The largest absolute Gasteiger partial charge is 0.478 e. The van der Waals surface area contributed by atoms with Crippen LogP contribution in [0.15, 0.2) is 30.3 Å². The minimum atomic E-state index is -1.05. The lowest BCUT2D eigenvalue weighted by Gasteiger charge is -2.36. The van der Waals surface area contributed by atoms with Crippen molar-refractivity contribution in [2.75, 3.05) is 11.4 Å². The normalized spacial score (nSPS) is 18.9. The second-order valence-corrected chi connectivity index (χ2v) is 4.69. The Hall–Kier alpha value is -2.63. The number of piperazine rings is 1. The number of carbonyl (C=O) groups excluding carboxylic acids is 2. The molecule has 1 aromatic rings. The number of amides is 2. The van der Waals surface area contributed by atoms with Crippen molar-refractivity contribution in [2.45, 2.75) is 19.4 Å². The van der Waals surface area contributed by atoms with Crippen LogP contribution in [-0.2, 0) is 14.4 Å². The summed E-state index contributed by atoms with van der Waals surface area (Å²) < 4.78 is 0. The summed E-state index contributed by atoms with van der Waals surface area (Å²) in [5.41, 5.74) is 1.32. The molecular formula is C15H16N2O4. The third kappa shape index (κ3) is 3.28. The number of rotatable bonds is 4. The lowest BCUT2D eigenvalue weighted by molar-refractivity contribution is -0.133. The van der Waals surface area contributed by atoms with Gasteiger partial charge < -0.3 is 10.0 Å². The number of carboxylic acids is 1. The summed E-state index contributed by atoms with van der Waals surface area (Å²) in [7, 11) is 0. The van der Waals surface area contributed by atoms with Crippen LogP contribution in [0.25, 0.3) is 6.08 Å². The van der Waals surface area contributed by atoms with E-state index in [-0.39, 0.29) is 18.4 Å². The van der Waals surface area contributed by atoms with Gasteiger partial charge in [0, 0.05) is 11.8 Å². The van der Waals surface area contributed by atoms with E-state index in [0.717, 1.165) is 6.08 Å². The third-order valence-corrected chi connectivity index (χ3v) is 3.29. The van der Waals surface area contributed by atoms with E-state index in [1.165, 1.54) is 6.08 Å². The van der Waals surface area contributed by atoms with E-state index in [4.69, 9.17) is 5.11 Å². The third-order valence-electron chi connectivity index (χ3n) is 3.29. The van der Waals surface area contributed by atoms with E-state index in [0.29, 0.717) is 17.7 Å². The lowest BCUT2D eigenvalue weighted by atomic mass is 10.0. The van der Waals surface area contributed by atoms with E-state index in [1.807, 2.05) is 6.92 Å². The molecule has 0 saturated carbocycles. The number of imide groups is 1. The summed E-state index contributed by atoms with van der Waals surface area (Å²) in [4.78, 5) is 35.9. The first kappa shape index (κ1) is 14.8. The average Bonchev–Trinajstić information content (AvgIpc) is 2.44. The van der Waals surface area contributed by atoms with Crippen molar-refractivity contribution in [3.8, 4) is 0 Å². The van der Waals surface area contributed by atoms with Gasteiger partial charge >= 0.3 is 5.97 Å². The van der Waals surface area contributed by atoms with Gasteiger partial charge in [-0.2, -0.15) is 0 Å². The molecule has 1 atom stereocenters. The molecule has 0 aliphatic carbocycles. The smallest absolute Gasteiger partial charge is 0.328 e. The molecule has 110 valence electrons. The molecule has 1 saturated heterocycles.